The smallest absolute Gasteiger partial charge is 0.407 e. The van der Waals surface area contributed by atoms with Gasteiger partial charge in [0.15, 0.2) is 11.3 Å². The molecule has 0 radical (unpaired) electrons. The molecule has 0 heterocycles. The number of nitrogens with one attached hydrogen (secondary N) is 1. The van der Waals surface area contributed by atoms with Crippen LogP contribution >= 0.6 is 0 Å². The average molecular weight is 480 g/mol. The van der Waals surface area contributed by atoms with E-state index in [1.165, 1.54) is 0 Å². The van der Waals surface area contributed by atoms with E-state index in [2.05, 4.69) is 17.4 Å². The Morgan fingerprint density at radius 1 is 1.03 bits per heavy atom. The quantitative estimate of drug-likeness (QED) is 0.383. The van der Waals surface area contributed by atoms with Gasteiger partial charge in [0.1, 0.15) is 6.61 Å². The summed E-state index contributed by atoms with van der Waals surface area (Å²) < 4.78 is 5.62. The van der Waals surface area contributed by atoms with E-state index in [9.17, 15) is 19.5 Å². The van der Waals surface area contributed by atoms with Crippen LogP contribution in [0.1, 0.15) is 55.6 Å². The summed E-state index contributed by atoms with van der Waals surface area (Å²) >= 11 is 0. The summed E-state index contributed by atoms with van der Waals surface area (Å²) in [5, 5.41) is 12.4. The van der Waals surface area contributed by atoms with Gasteiger partial charge >= 0.3 is 12.1 Å². The molecule has 1 amide bonds. The molecular weight excluding hydrogens is 446 g/mol. The Kier molecular flexibility index (Phi) is 7.52. The van der Waals surface area contributed by atoms with Crippen LogP contribution in [0.3, 0.4) is 0 Å². The Hall–Kier alpha value is -3.23. The Morgan fingerprint density at radius 2 is 1.60 bits per heavy atom. The van der Waals surface area contributed by atoms with Crippen molar-refractivity contribution in [3.63, 3.8) is 0 Å². The minimum atomic E-state index is -2.11. The van der Waals surface area contributed by atoms with Gasteiger partial charge in [-0.2, -0.15) is 0 Å². The number of fused-ring (bicyclic) bond motifs is 3. The molecule has 1 saturated carbocycles. The van der Waals surface area contributed by atoms with Gasteiger partial charge in [-0.25, -0.2) is 9.59 Å². The number of Topliss-reactive ketones (excluding diaryl/α,β-unsaturated/α-hetero) is 1. The number of ether oxygens (including phenoxy) is 1. The summed E-state index contributed by atoms with van der Waals surface area (Å²) in [6.07, 6.45) is 2.70. The van der Waals surface area contributed by atoms with Crippen molar-refractivity contribution in [2.45, 2.75) is 56.0 Å². The van der Waals surface area contributed by atoms with Gasteiger partial charge in [0.05, 0.1) is 6.04 Å². The van der Waals surface area contributed by atoms with Gasteiger partial charge < -0.3 is 26.6 Å². The minimum Gasteiger partial charge on any atom is -0.480 e. The monoisotopic (exact) mass is 479 g/mol. The zero-order chi connectivity index (χ0) is 25.0. The zero-order valence-electron chi connectivity index (χ0n) is 19.7. The Morgan fingerprint density at radius 3 is 2.14 bits per heavy atom. The van der Waals surface area contributed by atoms with Gasteiger partial charge in [-0.3, -0.25) is 4.79 Å². The number of hydrogen-bond donors (Lipinski definition) is 4. The van der Waals surface area contributed by atoms with E-state index in [-0.39, 0.29) is 37.8 Å². The van der Waals surface area contributed by atoms with E-state index >= 15 is 0 Å². The molecule has 0 saturated heterocycles. The molecule has 0 bridgehead atoms. The maximum absolute atomic E-state index is 13.4. The largest absolute Gasteiger partial charge is 0.480 e. The van der Waals surface area contributed by atoms with Gasteiger partial charge in [0.25, 0.3) is 0 Å². The van der Waals surface area contributed by atoms with E-state index in [0.717, 1.165) is 35.1 Å². The molecule has 0 aromatic heterocycles. The van der Waals surface area contributed by atoms with Crippen molar-refractivity contribution in [1.82, 2.24) is 5.32 Å². The van der Waals surface area contributed by atoms with Crippen LogP contribution in [0.2, 0.25) is 0 Å². The molecule has 8 heteroatoms. The van der Waals surface area contributed by atoms with Crippen LogP contribution < -0.4 is 16.8 Å². The lowest BCUT2D eigenvalue weighted by Gasteiger charge is -2.31. The summed E-state index contributed by atoms with van der Waals surface area (Å²) in [5.41, 5.74) is 13.9. The van der Waals surface area contributed by atoms with Crippen LogP contribution in [0.25, 0.3) is 11.1 Å². The number of carboxylic acids is 1. The second kappa shape index (κ2) is 10.6. The standard InChI is InChI=1S/C27H33N3O5/c28-15-7-14-27(29,25(32)33)24(31)23(17-8-1-2-9-17)30-26(34)35-16-22-20-12-5-3-10-18(20)19-11-4-6-13-21(19)22/h3-6,10-13,17,22-23H,1-2,7-9,14-16,28-29H2,(H,30,34)(H,32,33)/t23-,27+/m0/s1. The molecule has 4 rings (SSSR count). The number of hydrogen-bond acceptors (Lipinski definition) is 6. The summed E-state index contributed by atoms with van der Waals surface area (Å²) in [6, 6.07) is 15.0. The number of nitrogens with two attached hydrogens (primary N) is 2. The Balaban J connectivity index is 1.49. The second-order valence-electron chi connectivity index (χ2n) is 9.53. The molecule has 2 aliphatic carbocycles. The molecule has 0 spiro atoms. The fourth-order valence-electron chi connectivity index (χ4n) is 5.45. The maximum atomic E-state index is 13.4. The molecule has 2 aromatic carbocycles. The normalized spacial score (nSPS) is 17.8. The molecular formula is C27H33N3O5. The topological polar surface area (TPSA) is 145 Å². The summed E-state index contributed by atoms with van der Waals surface area (Å²) in [7, 11) is 0. The highest BCUT2D eigenvalue weighted by atomic mass is 16.5. The number of benzene rings is 2. The highest BCUT2D eigenvalue weighted by Gasteiger charge is 2.48. The van der Waals surface area contributed by atoms with Gasteiger partial charge in [0.2, 0.25) is 0 Å². The van der Waals surface area contributed by atoms with Crippen LogP contribution in [0.15, 0.2) is 48.5 Å². The minimum absolute atomic E-state index is 0.0900. The zero-order valence-corrected chi connectivity index (χ0v) is 19.7. The van der Waals surface area contributed by atoms with Crippen molar-refractivity contribution >= 4 is 17.8 Å². The molecule has 2 aliphatic rings. The number of amides is 1. The number of aliphatic carboxylic acids is 1. The van der Waals surface area contributed by atoms with Gasteiger partial charge in [-0.1, -0.05) is 61.4 Å². The highest BCUT2D eigenvalue weighted by molar-refractivity contribution is 6.10. The molecule has 8 nitrogen and oxygen atoms in total. The first kappa shape index (κ1) is 24.9. The van der Waals surface area contributed by atoms with Crippen molar-refractivity contribution in [2.75, 3.05) is 13.2 Å². The molecule has 35 heavy (non-hydrogen) atoms. The van der Waals surface area contributed by atoms with Crippen LogP contribution in [0.5, 0.6) is 0 Å². The Bertz CT molecular complexity index is 1050. The lowest BCUT2D eigenvalue weighted by atomic mass is 9.81. The first-order chi connectivity index (χ1) is 16.9. The summed E-state index contributed by atoms with van der Waals surface area (Å²) in [4.78, 5) is 38.3. The third-order valence-electron chi connectivity index (χ3n) is 7.37. The maximum Gasteiger partial charge on any atom is 0.407 e. The number of carboxylic acid groups (broad SMARTS) is 1. The van der Waals surface area contributed by atoms with Crippen LogP contribution in [0, 0.1) is 5.92 Å². The van der Waals surface area contributed by atoms with Crippen LogP contribution in [-0.2, 0) is 14.3 Å². The van der Waals surface area contributed by atoms with E-state index in [0.29, 0.717) is 12.8 Å². The SMILES string of the molecule is NCCC[C@](N)(C(=O)O)C(=O)[C@@H](NC(=O)OCC1c2ccccc2-c2ccccc21)C1CCCC1. The lowest BCUT2D eigenvalue weighted by Crippen LogP contribution is -2.63. The van der Waals surface area contributed by atoms with Crippen molar-refractivity contribution in [3.05, 3.63) is 59.7 Å². The Labute approximate surface area is 205 Å². The molecule has 0 unspecified atom stereocenters. The van der Waals surface area contributed by atoms with E-state index in [1.54, 1.807) is 0 Å². The number of alkyl carbamates (subject to hydrolysis) is 1. The highest BCUT2D eigenvalue weighted by Crippen LogP contribution is 2.44. The number of rotatable bonds is 10. The molecule has 186 valence electrons. The molecule has 1 fully saturated rings. The fraction of sp³-hybridized carbons (Fsp3) is 0.444. The third-order valence-corrected chi connectivity index (χ3v) is 7.37. The van der Waals surface area contributed by atoms with E-state index in [4.69, 9.17) is 16.2 Å². The number of ketones is 1. The lowest BCUT2D eigenvalue weighted by molar-refractivity contribution is -0.149. The average Bonchev–Trinajstić information content (AvgIpc) is 3.51. The predicted octanol–water partition coefficient (Wildman–Crippen LogP) is 3.17. The van der Waals surface area contributed by atoms with Gasteiger partial charge in [-0.05, 0) is 60.4 Å². The predicted molar refractivity (Wildman–Crippen MR) is 132 cm³/mol. The molecule has 2 aromatic rings. The fourth-order valence-corrected chi connectivity index (χ4v) is 5.45. The van der Waals surface area contributed by atoms with Crippen molar-refractivity contribution in [2.24, 2.45) is 17.4 Å². The van der Waals surface area contributed by atoms with Crippen molar-refractivity contribution < 1.29 is 24.2 Å². The molecule has 0 aliphatic heterocycles. The molecule has 2 atom stereocenters. The van der Waals surface area contributed by atoms with Crippen molar-refractivity contribution in [1.29, 1.82) is 0 Å². The summed E-state index contributed by atoms with van der Waals surface area (Å²) in [6.45, 7) is 0.318. The third kappa shape index (κ3) is 4.94. The first-order valence-corrected chi connectivity index (χ1v) is 12.2. The van der Waals surface area contributed by atoms with E-state index < -0.39 is 29.4 Å². The van der Waals surface area contributed by atoms with E-state index in [1.807, 2.05) is 36.4 Å². The summed E-state index contributed by atoms with van der Waals surface area (Å²) in [5.74, 6) is -2.40. The van der Waals surface area contributed by atoms with Gasteiger partial charge in [0, 0.05) is 5.92 Å². The first-order valence-electron chi connectivity index (χ1n) is 12.2. The number of carbonyl (C=O) groups excluding carboxylic acids is 2. The van der Waals surface area contributed by atoms with Gasteiger partial charge in [-0.15, -0.1) is 0 Å². The van der Waals surface area contributed by atoms with Crippen molar-refractivity contribution in [3.8, 4) is 11.1 Å². The van der Waals surface area contributed by atoms with Crippen LogP contribution in [-0.4, -0.2) is 47.7 Å². The van der Waals surface area contributed by atoms with Crippen LogP contribution in [0.4, 0.5) is 4.79 Å². The second-order valence-corrected chi connectivity index (χ2v) is 9.53. The number of carbonyl (C=O) groups is 3. The molecule has 6 N–H and O–H groups in total.